The van der Waals surface area contributed by atoms with Gasteiger partial charge in [-0.3, -0.25) is 5.10 Å². The minimum absolute atomic E-state index is 0. The van der Waals surface area contributed by atoms with Gasteiger partial charge in [0.1, 0.15) is 0 Å². The number of aromatic nitrogens is 2. The minimum atomic E-state index is -4.29. The van der Waals surface area contributed by atoms with Crippen LogP contribution in [0.2, 0.25) is 0 Å². The Kier molecular flexibility index (Phi) is 5.45. The predicted octanol–water partition coefficient (Wildman–Crippen LogP) is 3.26. The van der Waals surface area contributed by atoms with E-state index < -0.39 is 11.7 Å². The van der Waals surface area contributed by atoms with Crippen molar-refractivity contribution >= 4 is 18.1 Å². The third-order valence-electron chi connectivity index (χ3n) is 4.33. The van der Waals surface area contributed by atoms with Crippen molar-refractivity contribution in [3.63, 3.8) is 0 Å². The van der Waals surface area contributed by atoms with Crippen LogP contribution in [0.15, 0.2) is 36.7 Å². The lowest BCUT2D eigenvalue weighted by Crippen LogP contribution is -2.61. The molecule has 8 heteroatoms. The van der Waals surface area contributed by atoms with Crippen LogP contribution >= 0.6 is 12.4 Å². The SMILES string of the molecule is CC1(Cc2ccc(C(F)(F)F)cc2)CNCCN1c1cn[nH]c1.Cl. The number of nitrogens with one attached hydrogen (secondary N) is 2. The molecule has 1 aromatic heterocycles. The van der Waals surface area contributed by atoms with Gasteiger partial charge in [0.05, 0.1) is 23.0 Å². The van der Waals surface area contributed by atoms with E-state index in [9.17, 15) is 13.2 Å². The second-order valence-corrected chi connectivity index (χ2v) is 6.15. The second-order valence-electron chi connectivity index (χ2n) is 6.15. The van der Waals surface area contributed by atoms with Gasteiger partial charge in [-0.15, -0.1) is 12.4 Å². The van der Waals surface area contributed by atoms with Gasteiger partial charge in [0.15, 0.2) is 0 Å². The topological polar surface area (TPSA) is 44.0 Å². The van der Waals surface area contributed by atoms with Crippen molar-refractivity contribution in [2.75, 3.05) is 24.5 Å². The quantitative estimate of drug-likeness (QED) is 0.883. The van der Waals surface area contributed by atoms with E-state index in [0.717, 1.165) is 43.0 Å². The summed E-state index contributed by atoms with van der Waals surface area (Å²) in [4.78, 5) is 2.25. The normalized spacial score (nSPS) is 21.4. The first-order chi connectivity index (χ1) is 10.9. The maximum absolute atomic E-state index is 12.7. The molecule has 1 aliphatic rings. The van der Waals surface area contributed by atoms with E-state index in [2.05, 4.69) is 27.3 Å². The van der Waals surface area contributed by atoms with Crippen LogP contribution in [-0.2, 0) is 12.6 Å². The predicted molar refractivity (Wildman–Crippen MR) is 89.6 cm³/mol. The lowest BCUT2D eigenvalue weighted by molar-refractivity contribution is -0.137. The Morgan fingerprint density at radius 2 is 1.96 bits per heavy atom. The van der Waals surface area contributed by atoms with Crippen LogP contribution < -0.4 is 10.2 Å². The molecule has 2 heterocycles. The Balaban J connectivity index is 0.00000208. The van der Waals surface area contributed by atoms with E-state index in [-0.39, 0.29) is 17.9 Å². The molecule has 132 valence electrons. The zero-order chi connectivity index (χ0) is 16.5. The zero-order valence-corrected chi connectivity index (χ0v) is 14.0. The number of alkyl halides is 3. The van der Waals surface area contributed by atoms with Crippen molar-refractivity contribution in [1.29, 1.82) is 0 Å². The summed E-state index contributed by atoms with van der Waals surface area (Å²) in [5.41, 5.74) is 1.06. The first-order valence-corrected chi connectivity index (χ1v) is 7.52. The van der Waals surface area contributed by atoms with Gasteiger partial charge in [-0.05, 0) is 31.0 Å². The van der Waals surface area contributed by atoms with Crippen LogP contribution in [0.3, 0.4) is 0 Å². The fraction of sp³-hybridized carbons (Fsp3) is 0.438. The van der Waals surface area contributed by atoms with E-state index >= 15 is 0 Å². The number of aromatic amines is 1. The number of hydrogen-bond acceptors (Lipinski definition) is 3. The minimum Gasteiger partial charge on any atom is -0.361 e. The van der Waals surface area contributed by atoms with E-state index in [1.54, 1.807) is 18.3 Å². The van der Waals surface area contributed by atoms with Gasteiger partial charge in [0, 0.05) is 25.8 Å². The summed E-state index contributed by atoms with van der Waals surface area (Å²) in [7, 11) is 0. The molecule has 1 aliphatic heterocycles. The monoisotopic (exact) mass is 360 g/mol. The maximum atomic E-state index is 12.7. The molecule has 0 spiro atoms. The number of benzene rings is 1. The molecule has 1 atom stereocenters. The van der Waals surface area contributed by atoms with E-state index in [1.807, 2.05) is 6.20 Å². The fourth-order valence-electron chi connectivity index (χ4n) is 3.16. The summed E-state index contributed by atoms with van der Waals surface area (Å²) >= 11 is 0. The van der Waals surface area contributed by atoms with Crippen molar-refractivity contribution in [3.8, 4) is 0 Å². The Hall–Kier alpha value is -1.73. The number of halogens is 4. The van der Waals surface area contributed by atoms with Gasteiger partial charge in [-0.2, -0.15) is 18.3 Å². The summed E-state index contributed by atoms with van der Waals surface area (Å²) in [5.74, 6) is 0. The van der Waals surface area contributed by atoms with Crippen molar-refractivity contribution in [2.45, 2.75) is 25.1 Å². The fourth-order valence-corrected chi connectivity index (χ4v) is 3.16. The van der Waals surface area contributed by atoms with E-state index in [0.29, 0.717) is 6.42 Å². The molecule has 1 fully saturated rings. The average Bonchev–Trinajstić information content (AvgIpc) is 3.01. The molecule has 2 N–H and O–H groups in total. The summed E-state index contributed by atoms with van der Waals surface area (Å²) in [6, 6.07) is 5.43. The van der Waals surface area contributed by atoms with Crippen LogP contribution in [0, 0.1) is 0 Å². The molecule has 0 amide bonds. The van der Waals surface area contributed by atoms with Crippen molar-refractivity contribution in [1.82, 2.24) is 15.5 Å². The standard InChI is InChI=1S/C16H19F3N4.ClH/c1-15(8-12-2-4-13(5-3-12)16(17,18)19)11-20-6-7-23(15)14-9-21-22-10-14;/h2-5,9-10,20H,6-8,11H2,1H3,(H,21,22);1H. The summed E-state index contributed by atoms with van der Waals surface area (Å²) < 4.78 is 38.0. The highest BCUT2D eigenvalue weighted by Gasteiger charge is 2.35. The van der Waals surface area contributed by atoms with Crippen LogP contribution in [0.25, 0.3) is 0 Å². The number of hydrogen-bond donors (Lipinski definition) is 2. The van der Waals surface area contributed by atoms with Crippen LogP contribution in [0.5, 0.6) is 0 Å². The van der Waals surface area contributed by atoms with Crippen LogP contribution in [0.4, 0.5) is 18.9 Å². The second kappa shape index (κ2) is 7.03. The molecular formula is C16H20ClF3N4. The largest absolute Gasteiger partial charge is 0.416 e. The first kappa shape index (κ1) is 18.6. The summed E-state index contributed by atoms with van der Waals surface area (Å²) in [6.07, 6.45) is -0.0202. The maximum Gasteiger partial charge on any atom is 0.416 e. The molecule has 0 aliphatic carbocycles. The van der Waals surface area contributed by atoms with Gasteiger partial charge in [-0.1, -0.05) is 12.1 Å². The zero-order valence-electron chi connectivity index (χ0n) is 13.2. The number of piperazine rings is 1. The number of rotatable bonds is 3. The summed E-state index contributed by atoms with van der Waals surface area (Å²) in [6.45, 7) is 4.58. The Morgan fingerprint density at radius 3 is 2.54 bits per heavy atom. The third-order valence-corrected chi connectivity index (χ3v) is 4.33. The molecule has 2 aromatic rings. The molecule has 1 aromatic carbocycles. The average molecular weight is 361 g/mol. The molecule has 0 saturated carbocycles. The lowest BCUT2D eigenvalue weighted by atomic mass is 9.88. The van der Waals surface area contributed by atoms with Crippen molar-refractivity contribution < 1.29 is 13.2 Å². The highest BCUT2D eigenvalue weighted by Crippen LogP contribution is 2.31. The lowest BCUT2D eigenvalue weighted by Gasteiger charge is -2.46. The Labute approximate surface area is 144 Å². The van der Waals surface area contributed by atoms with Crippen molar-refractivity contribution in [3.05, 3.63) is 47.8 Å². The van der Waals surface area contributed by atoms with Crippen LogP contribution in [-0.4, -0.2) is 35.4 Å². The molecule has 24 heavy (non-hydrogen) atoms. The van der Waals surface area contributed by atoms with Gasteiger partial charge < -0.3 is 10.2 Å². The smallest absolute Gasteiger partial charge is 0.361 e. The molecule has 3 rings (SSSR count). The van der Waals surface area contributed by atoms with Gasteiger partial charge in [0.25, 0.3) is 0 Å². The third kappa shape index (κ3) is 3.84. The van der Waals surface area contributed by atoms with E-state index in [4.69, 9.17) is 0 Å². The molecular weight excluding hydrogens is 341 g/mol. The Morgan fingerprint density at radius 1 is 1.25 bits per heavy atom. The molecule has 0 radical (unpaired) electrons. The van der Waals surface area contributed by atoms with Crippen LogP contribution in [0.1, 0.15) is 18.1 Å². The Bertz CT molecular complexity index is 642. The molecule has 4 nitrogen and oxygen atoms in total. The first-order valence-electron chi connectivity index (χ1n) is 7.52. The number of nitrogens with zero attached hydrogens (tertiary/aromatic N) is 2. The highest BCUT2D eigenvalue weighted by atomic mass is 35.5. The van der Waals surface area contributed by atoms with Gasteiger partial charge >= 0.3 is 6.18 Å². The van der Waals surface area contributed by atoms with Crippen molar-refractivity contribution in [2.24, 2.45) is 0 Å². The van der Waals surface area contributed by atoms with Gasteiger partial charge in [-0.25, -0.2) is 0 Å². The molecule has 1 saturated heterocycles. The summed E-state index contributed by atoms with van der Waals surface area (Å²) in [5, 5.41) is 10.2. The van der Waals surface area contributed by atoms with E-state index in [1.165, 1.54) is 0 Å². The molecule has 1 unspecified atom stereocenters. The molecule has 0 bridgehead atoms. The number of anilines is 1. The van der Waals surface area contributed by atoms with Gasteiger partial charge in [0.2, 0.25) is 0 Å². The highest BCUT2D eigenvalue weighted by molar-refractivity contribution is 5.85. The number of H-pyrrole nitrogens is 1.